The van der Waals surface area contributed by atoms with Gasteiger partial charge in [0.1, 0.15) is 6.04 Å². The highest BCUT2D eigenvalue weighted by Crippen LogP contribution is 2.17. The number of amides is 2. The number of nitrogens with one attached hydrogen (secondary N) is 1. The minimum atomic E-state index is -0.316. The van der Waals surface area contributed by atoms with Crippen LogP contribution in [0.4, 0.5) is 0 Å². The van der Waals surface area contributed by atoms with E-state index in [0.717, 1.165) is 6.42 Å². The zero-order valence-electron chi connectivity index (χ0n) is 11.4. The van der Waals surface area contributed by atoms with Gasteiger partial charge in [-0.3, -0.25) is 9.59 Å². The molecule has 1 fully saturated rings. The summed E-state index contributed by atoms with van der Waals surface area (Å²) in [7, 11) is 0. The van der Waals surface area contributed by atoms with Gasteiger partial charge < -0.3 is 10.2 Å². The third-order valence-electron chi connectivity index (χ3n) is 3.42. The zero-order valence-corrected chi connectivity index (χ0v) is 12.2. The second-order valence-electron chi connectivity index (χ2n) is 5.20. The van der Waals surface area contributed by atoms with Gasteiger partial charge in [-0.15, -0.1) is 0 Å². The van der Waals surface area contributed by atoms with E-state index >= 15 is 0 Å². The van der Waals surface area contributed by atoms with Gasteiger partial charge in [0, 0.05) is 19.5 Å². The molecule has 0 aromatic carbocycles. The maximum absolute atomic E-state index is 12.3. The predicted octanol–water partition coefficient (Wildman–Crippen LogP) is 1.66. The van der Waals surface area contributed by atoms with E-state index in [2.05, 4.69) is 10.7 Å². The Labute approximate surface area is 117 Å². The molecule has 1 aliphatic heterocycles. The van der Waals surface area contributed by atoms with Crippen LogP contribution in [-0.4, -0.2) is 35.8 Å². The highest BCUT2D eigenvalue weighted by Gasteiger charge is 2.34. The fraction of sp³-hybridized carbons (Fsp3) is 0.571. The summed E-state index contributed by atoms with van der Waals surface area (Å²) in [6.45, 7) is 5.15. The van der Waals surface area contributed by atoms with Gasteiger partial charge in [-0.05, 0) is 34.7 Å². The van der Waals surface area contributed by atoms with Crippen molar-refractivity contribution >= 4 is 23.2 Å². The van der Waals surface area contributed by atoms with Gasteiger partial charge in [-0.2, -0.15) is 11.3 Å². The van der Waals surface area contributed by atoms with E-state index in [1.807, 2.05) is 25.3 Å². The van der Waals surface area contributed by atoms with Crippen molar-refractivity contribution in [3.63, 3.8) is 0 Å². The number of carbonyl (C=O) groups is 2. The molecule has 5 heteroatoms. The van der Waals surface area contributed by atoms with Crippen molar-refractivity contribution in [1.29, 1.82) is 0 Å². The molecule has 1 aromatic heterocycles. The monoisotopic (exact) mass is 280 g/mol. The van der Waals surface area contributed by atoms with Crippen LogP contribution in [0.5, 0.6) is 0 Å². The highest BCUT2D eigenvalue weighted by molar-refractivity contribution is 7.07. The average Bonchev–Trinajstić information content (AvgIpc) is 2.88. The van der Waals surface area contributed by atoms with Crippen molar-refractivity contribution in [2.24, 2.45) is 5.92 Å². The Morgan fingerprint density at radius 3 is 3.00 bits per heavy atom. The van der Waals surface area contributed by atoms with Gasteiger partial charge in [0.2, 0.25) is 11.8 Å². The third-order valence-corrected chi connectivity index (χ3v) is 4.15. The maximum Gasteiger partial charge on any atom is 0.243 e. The molecule has 1 aromatic rings. The second kappa shape index (κ2) is 6.19. The van der Waals surface area contributed by atoms with Gasteiger partial charge >= 0.3 is 0 Å². The Morgan fingerprint density at radius 1 is 1.58 bits per heavy atom. The van der Waals surface area contributed by atoms with Crippen molar-refractivity contribution in [3.05, 3.63) is 22.4 Å². The maximum atomic E-state index is 12.3. The molecule has 0 radical (unpaired) electrons. The zero-order chi connectivity index (χ0) is 13.8. The lowest BCUT2D eigenvalue weighted by molar-refractivity contribution is -0.145. The first-order valence-corrected chi connectivity index (χ1v) is 7.62. The van der Waals surface area contributed by atoms with Crippen LogP contribution in [0, 0.1) is 5.92 Å². The highest BCUT2D eigenvalue weighted by atomic mass is 32.1. The van der Waals surface area contributed by atoms with Crippen LogP contribution in [0.15, 0.2) is 16.8 Å². The Hall–Kier alpha value is -1.36. The second-order valence-corrected chi connectivity index (χ2v) is 5.98. The first kappa shape index (κ1) is 14.1. The van der Waals surface area contributed by atoms with E-state index in [-0.39, 0.29) is 23.8 Å². The lowest BCUT2D eigenvalue weighted by atomic mass is 9.99. The van der Waals surface area contributed by atoms with Crippen LogP contribution in [0.25, 0.3) is 0 Å². The molecular weight excluding hydrogens is 260 g/mol. The summed E-state index contributed by atoms with van der Waals surface area (Å²) in [5.41, 5.74) is 1.20. The lowest BCUT2D eigenvalue weighted by Gasteiger charge is -2.37. The van der Waals surface area contributed by atoms with E-state index in [4.69, 9.17) is 0 Å². The summed E-state index contributed by atoms with van der Waals surface area (Å²) in [5.74, 6) is 0.204. The summed E-state index contributed by atoms with van der Waals surface area (Å²) in [5, 5.41) is 6.92. The molecule has 2 heterocycles. The van der Waals surface area contributed by atoms with Crippen molar-refractivity contribution in [3.8, 4) is 0 Å². The van der Waals surface area contributed by atoms with Crippen molar-refractivity contribution in [1.82, 2.24) is 10.2 Å². The van der Waals surface area contributed by atoms with Gasteiger partial charge in [0.05, 0.1) is 0 Å². The van der Waals surface area contributed by atoms with Crippen LogP contribution in [0.3, 0.4) is 0 Å². The predicted molar refractivity (Wildman–Crippen MR) is 76.0 cm³/mol. The molecule has 1 saturated heterocycles. The number of rotatable bonds is 4. The fourth-order valence-corrected chi connectivity index (χ4v) is 3.16. The molecule has 0 unspecified atom stereocenters. The number of hydrogen-bond donors (Lipinski definition) is 1. The summed E-state index contributed by atoms with van der Waals surface area (Å²) in [4.78, 5) is 25.9. The lowest BCUT2D eigenvalue weighted by Crippen LogP contribution is -2.59. The van der Waals surface area contributed by atoms with Gasteiger partial charge in [-0.25, -0.2) is 0 Å². The molecule has 0 saturated carbocycles. The molecule has 2 amide bonds. The summed E-state index contributed by atoms with van der Waals surface area (Å²) in [6, 6.07) is 1.73. The Morgan fingerprint density at radius 2 is 2.37 bits per heavy atom. The van der Waals surface area contributed by atoms with Crippen LogP contribution in [-0.2, 0) is 16.0 Å². The average molecular weight is 280 g/mol. The van der Waals surface area contributed by atoms with Crippen molar-refractivity contribution in [2.75, 3.05) is 13.1 Å². The van der Waals surface area contributed by atoms with E-state index in [9.17, 15) is 9.59 Å². The summed E-state index contributed by atoms with van der Waals surface area (Å²) >= 11 is 1.64. The number of aryl methyl sites for hydroxylation is 1. The quantitative estimate of drug-likeness (QED) is 0.912. The van der Waals surface area contributed by atoms with Crippen molar-refractivity contribution < 1.29 is 9.59 Å². The van der Waals surface area contributed by atoms with E-state index in [0.29, 0.717) is 19.5 Å². The fourth-order valence-electron chi connectivity index (χ4n) is 2.46. The third kappa shape index (κ3) is 3.35. The molecule has 1 N–H and O–H groups in total. The molecule has 0 aliphatic carbocycles. The first-order valence-electron chi connectivity index (χ1n) is 6.68. The van der Waals surface area contributed by atoms with E-state index in [1.165, 1.54) is 5.56 Å². The molecule has 19 heavy (non-hydrogen) atoms. The molecule has 1 aliphatic rings. The number of hydrogen-bond acceptors (Lipinski definition) is 3. The molecular formula is C14H20N2O2S. The molecule has 4 nitrogen and oxygen atoms in total. The number of thiophene rings is 1. The molecule has 104 valence electrons. The largest absolute Gasteiger partial charge is 0.353 e. The van der Waals surface area contributed by atoms with E-state index < -0.39 is 0 Å². The van der Waals surface area contributed by atoms with Crippen LogP contribution in [0.2, 0.25) is 0 Å². The minimum Gasteiger partial charge on any atom is -0.353 e. The Kier molecular flexibility index (Phi) is 4.58. The smallest absolute Gasteiger partial charge is 0.243 e. The molecule has 1 atom stereocenters. The van der Waals surface area contributed by atoms with Gasteiger partial charge in [0.15, 0.2) is 0 Å². The summed E-state index contributed by atoms with van der Waals surface area (Å²) in [6.07, 6.45) is 1.23. The van der Waals surface area contributed by atoms with Gasteiger partial charge in [0.25, 0.3) is 0 Å². The standard InChI is InChI=1S/C14H20N2O2S/c1-10(2)13-14(18)15-6-7-16(13)12(17)4-3-11-5-8-19-9-11/h5,8-10,13H,3-4,6-7H2,1-2H3,(H,15,18)/t13-/m1/s1. The first-order chi connectivity index (χ1) is 9.09. The normalized spacial score (nSPS) is 19.6. The SMILES string of the molecule is CC(C)[C@@H]1C(=O)NCCN1C(=O)CCc1ccsc1. The molecule has 2 rings (SSSR count). The van der Waals surface area contributed by atoms with E-state index in [1.54, 1.807) is 16.2 Å². The van der Waals surface area contributed by atoms with Crippen LogP contribution < -0.4 is 5.32 Å². The minimum absolute atomic E-state index is 0.0230. The number of carbonyl (C=O) groups excluding carboxylic acids is 2. The van der Waals surface area contributed by atoms with Gasteiger partial charge in [-0.1, -0.05) is 13.8 Å². The number of piperazine rings is 1. The van der Waals surface area contributed by atoms with Crippen LogP contribution in [0.1, 0.15) is 25.8 Å². The Balaban J connectivity index is 1.97. The molecule has 0 bridgehead atoms. The topological polar surface area (TPSA) is 49.4 Å². The summed E-state index contributed by atoms with van der Waals surface area (Å²) < 4.78 is 0. The van der Waals surface area contributed by atoms with Crippen molar-refractivity contribution in [2.45, 2.75) is 32.7 Å². The Bertz CT molecular complexity index is 442. The molecule has 0 spiro atoms. The van der Waals surface area contributed by atoms with Crippen LogP contribution >= 0.6 is 11.3 Å². The number of nitrogens with zero attached hydrogens (tertiary/aromatic N) is 1.